The Labute approximate surface area is 118 Å². The number of nitrogens with zero attached hydrogens (tertiary/aromatic N) is 1. The third kappa shape index (κ3) is 3.07. The Balaban J connectivity index is 2.51. The van der Waals surface area contributed by atoms with Gasteiger partial charge in [0, 0.05) is 5.56 Å². The van der Waals surface area contributed by atoms with E-state index in [1.165, 1.54) is 19.1 Å². The Morgan fingerprint density at radius 3 is 2.71 bits per heavy atom. The van der Waals surface area contributed by atoms with E-state index in [4.69, 9.17) is 9.26 Å². The molecule has 1 aromatic carbocycles. The number of hydrogen-bond acceptors (Lipinski definition) is 4. The average Bonchev–Trinajstić information content (AvgIpc) is 2.80. The van der Waals surface area contributed by atoms with Crippen LogP contribution in [0.3, 0.4) is 0 Å². The normalized spacial score (nSPS) is 11.5. The molecule has 0 N–H and O–H groups in total. The van der Waals surface area contributed by atoms with Gasteiger partial charge >= 0.3 is 12.1 Å². The van der Waals surface area contributed by atoms with Gasteiger partial charge in [-0.3, -0.25) is 0 Å². The number of aryl methyl sites for hydroxylation is 1. The van der Waals surface area contributed by atoms with Crippen molar-refractivity contribution in [1.82, 2.24) is 5.16 Å². The number of alkyl halides is 3. The molecule has 0 radical (unpaired) electrons. The Kier molecular flexibility index (Phi) is 4.02. The number of benzene rings is 1. The van der Waals surface area contributed by atoms with Gasteiger partial charge < -0.3 is 9.26 Å². The van der Waals surface area contributed by atoms with Crippen molar-refractivity contribution in [2.75, 3.05) is 6.61 Å². The van der Waals surface area contributed by atoms with Gasteiger partial charge in [0.05, 0.1) is 12.2 Å². The molecule has 0 spiro atoms. The van der Waals surface area contributed by atoms with Crippen molar-refractivity contribution in [3.63, 3.8) is 0 Å². The van der Waals surface area contributed by atoms with Crippen LogP contribution in [0, 0.1) is 6.92 Å². The van der Waals surface area contributed by atoms with E-state index in [1.807, 2.05) is 0 Å². The van der Waals surface area contributed by atoms with Gasteiger partial charge in [0.15, 0.2) is 0 Å². The molecule has 2 aromatic rings. The maximum absolute atomic E-state index is 12.7. The first-order chi connectivity index (χ1) is 9.84. The largest absolute Gasteiger partial charge is 0.462 e. The monoisotopic (exact) mass is 299 g/mol. The predicted molar refractivity (Wildman–Crippen MR) is 67.6 cm³/mol. The number of aromatic nitrogens is 1. The molecule has 0 aliphatic heterocycles. The van der Waals surface area contributed by atoms with Crippen LogP contribution in [-0.4, -0.2) is 17.7 Å². The Hall–Kier alpha value is -2.31. The van der Waals surface area contributed by atoms with E-state index in [2.05, 4.69) is 5.16 Å². The van der Waals surface area contributed by atoms with Gasteiger partial charge in [-0.15, -0.1) is 0 Å². The summed E-state index contributed by atoms with van der Waals surface area (Å²) < 4.78 is 48.0. The van der Waals surface area contributed by atoms with Crippen molar-refractivity contribution in [2.45, 2.75) is 20.0 Å². The molecule has 0 atom stereocenters. The molecule has 0 amide bonds. The Bertz CT molecular complexity index is 662. The summed E-state index contributed by atoms with van der Waals surface area (Å²) in [6.45, 7) is 3.27. The summed E-state index contributed by atoms with van der Waals surface area (Å²) in [5.41, 5.74) is -0.603. The topological polar surface area (TPSA) is 52.3 Å². The van der Waals surface area contributed by atoms with E-state index in [9.17, 15) is 18.0 Å². The lowest BCUT2D eigenvalue weighted by molar-refractivity contribution is -0.137. The summed E-state index contributed by atoms with van der Waals surface area (Å²) in [6.07, 6.45) is -4.47. The third-order valence-electron chi connectivity index (χ3n) is 2.81. The zero-order valence-corrected chi connectivity index (χ0v) is 11.3. The molecule has 1 aromatic heterocycles. The maximum Gasteiger partial charge on any atom is 0.416 e. The molecule has 7 heteroatoms. The van der Waals surface area contributed by atoms with E-state index < -0.39 is 17.7 Å². The molecular formula is C14H12F3NO3. The fourth-order valence-electron chi connectivity index (χ4n) is 1.86. The minimum atomic E-state index is -4.47. The van der Waals surface area contributed by atoms with Gasteiger partial charge in [0.1, 0.15) is 17.0 Å². The molecule has 0 aliphatic rings. The van der Waals surface area contributed by atoms with Crippen LogP contribution in [0.15, 0.2) is 28.8 Å². The fourth-order valence-corrected chi connectivity index (χ4v) is 1.86. The maximum atomic E-state index is 12.7. The summed E-state index contributed by atoms with van der Waals surface area (Å²) in [7, 11) is 0. The highest BCUT2D eigenvalue weighted by Gasteiger charge is 2.31. The van der Waals surface area contributed by atoms with Crippen molar-refractivity contribution in [3.8, 4) is 11.3 Å². The van der Waals surface area contributed by atoms with Gasteiger partial charge in [0.2, 0.25) is 0 Å². The van der Waals surface area contributed by atoms with Crippen molar-refractivity contribution in [3.05, 3.63) is 41.2 Å². The van der Waals surface area contributed by atoms with Crippen molar-refractivity contribution in [1.29, 1.82) is 0 Å². The van der Waals surface area contributed by atoms with Crippen molar-refractivity contribution < 1.29 is 27.2 Å². The molecule has 0 fully saturated rings. The zero-order valence-electron chi connectivity index (χ0n) is 11.3. The summed E-state index contributed by atoms with van der Waals surface area (Å²) in [5, 5.41) is 3.67. The minimum Gasteiger partial charge on any atom is -0.462 e. The van der Waals surface area contributed by atoms with E-state index in [0.717, 1.165) is 12.1 Å². The van der Waals surface area contributed by atoms with Crippen LogP contribution in [0.2, 0.25) is 0 Å². The van der Waals surface area contributed by atoms with Gasteiger partial charge in [-0.1, -0.05) is 17.3 Å². The van der Waals surface area contributed by atoms with Gasteiger partial charge in [0.25, 0.3) is 0 Å². The first-order valence-corrected chi connectivity index (χ1v) is 6.15. The summed E-state index contributed by atoms with van der Waals surface area (Å²) >= 11 is 0. The molecule has 0 unspecified atom stereocenters. The number of carbonyl (C=O) groups is 1. The predicted octanol–water partition coefficient (Wildman–Crippen LogP) is 3.85. The van der Waals surface area contributed by atoms with Gasteiger partial charge in [-0.2, -0.15) is 13.2 Å². The highest BCUT2D eigenvalue weighted by atomic mass is 19.4. The molecule has 112 valence electrons. The van der Waals surface area contributed by atoms with E-state index in [1.54, 1.807) is 6.92 Å². The second-order valence-electron chi connectivity index (χ2n) is 4.26. The lowest BCUT2D eigenvalue weighted by atomic mass is 10.0. The van der Waals surface area contributed by atoms with Gasteiger partial charge in [-0.05, 0) is 26.0 Å². The number of ether oxygens (including phenoxy) is 1. The molecule has 0 saturated carbocycles. The van der Waals surface area contributed by atoms with E-state index >= 15 is 0 Å². The first kappa shape index (κ1) is 15.1. The summed E-state index contributed by atoms with van der Waals surface area (Å²) in [6, 6.07) is 4.53. The van der Waals surface area contributed by atoms with Crippen molar-refractivity contribution in [2.24, 2.45) is 0 Å². The molecule has 1 heterocycles. The Morgan fingerprint density at radius 1 is 1.38 bits per heavy atom. The third-order valence-corrected chi connectivity index (χ3v) is 2.81. The van der Waals surface area contributed by atoms with Crippen LogP contribution in [0.1, 0.15) is 28.6 Å². The number of esters is 1. The van der Waals surface area contributed by atoms with Crippen LogP contribution in [-0.2, 0) is 10.9 Å². The van der Waals surface area contributed by atoms with Gasteiger partial charge in [-0.25, -0.2) is 4.79 Å². The number of rotatable bonds is 3. The smallest absolute Gasteiger partial charge is 0.416 e. The summed E-state index contributed by atoms with van der Waals surface area (Å²) in [5.74, 6) is -0.482. The number of hydrogen-bond donors (Lipinski definition) is 0. The van der Waals surface area contributed by atoms with Crippen LogP contribution in [0.25, 0.3) is 11.3 Å². The Morgan fingerprint density at radius 2 is 2.10 bits per heavy atom. The van der Waals surface area contributed by atoms with E-state index in [0.29, 0.717) is 0 Å². The number of carbonyl (C=O) groups excluding carboxylic acids is 1. The van der Waals surface area contributed by atoms with Crippen molar-refractivity contribution >= 4 is 5.97 Å². The van der Waals surface area contributed by atoms with Crippen LogP contribution in [0.4, 0.5) is 13.2 Å². The molecule has 0 aliphatic carbocycles. The molecule has 21 heavy (non-hydrogen) atoms. The SMILES string of the molecule is CCOC(=O)c1c(-c2cccc(C(F)(F)F)c2)noc1C. The molecule has 0 saturated heterocycles. The molecule has 4 nitrogen and oxygen atoms in total. The highest BCUT2D eigenvalue weighted by Crippen LogP contribution is 2.33. The lowest BCUT2D eigenvalue weighted by Crippen LogP contribution is -2.07. The second kappa shape index (κ2) is 5.59. The minimum absolute atomic E-state index is 0.0381. The average molecular weight is 299 g/mol. The zero-order chi connectivity index (χ0) is 15.6. The molecule has 0 bridgehead atoms. The van der Waals surface area contributed by atoms with E-state index in [-0.39, 0.29) is 29.2 Å². The van der Waals surface area contributed by atoms with Crippen LogP contribution < -0.4 is 0 Å². The first-order valence-electron chi connectivity index (χ1n) is 6.15. The number of halogens is 3. The molecular weight excluding hydrogens is 287 g/mol. The summed E-state index contributed by atoms with van der Waals surface area (Å²) in [4.78, 5) is 11.9. The fraction of sp³-hybridized carbons (Fsp3) is 0.286. The second-order valence-corrected chi connectivity index (χ2v) is 4.26. The standard InChI is InChI=1S/C14H12F3NO3/c1-3-20-13(19)11-8(2)21-18-12(11)9-5-4-6-10(7-9)14(15,16)17/h4-7H,3H2,1-2H3. The quantitative estimate of drug-likeness (QED) is 0.808. The van der Waals surface area contributed by atoms with Crippen LogP contribution in [0.5, 0.6) is 0 Å². The highest BCUT2D eigenvalue weighted by molar-refractivity contribution is 5.97. The molecule has 2 rings (SSSR count). The lowest BCUT2D eigenvalue weighted by Gasteiger charge is -2.08. The van der Waals surface area contributed by atoms with Crippen LogP contribution >= 0.6 is 0 Å².